The summed E-state index contributed by atoms with van der Waals surface area (Å²) in [6.07, 6.45) is 0. The first kappa shape index (κ1) is 10.8. The molecule has 0 unspecified atom stereocenters. The van der Waals surface area contributed by atoms with Gasteiger partial charge >= 0.3 is 0 Å². The Morgan fingerprint density at radius 1 is 1.20 bits per heavy atom. The van der Waals surface area contributed by atoms with Crippen molar-refractivity contribution < 1.29 is 0 Å². The van der Waals surface area contributed by atoms with E-state index < -0.39 is 0 Å². The lowest BCUT2D eigenvalue weighted by atomic mass is 10.3. The zero-order valence-electron chi connectivity index (χ0n) is 9.07. The monoisotopic (exact) mass is 270 g/mol. The lowest BCUT2D eigenvalue weighted by Gasteiger charge is -2.33. The molecule has 1 fully saturated rings. The van der Waals surface area contributed by atoms with E-state index in [2.05, 4.69) is 42.7 Å². The number of anilines is 1. The SMILES string of the molecule is Cc1nc(Br)cc(N2CCN(C)CC2)n1. The number of hydrogen-bond acceptors (Lipinski definition) is 4. The largest absolute Gasteiger partial charge is 0.354 e. The third-order valence-corrected chi connectivity index (χ3v) is 3.03. The predicted molar refractivity (Wildman–Crippen MR) is 64.2 cm³/mol. The molecule has 0 N–H and O–H groups in total. The van der Waals surface area contributed by atoms with Gasteiger partial charge in [0.2, 0.25) is 0 Å². The quantitative estimate of drug-likeness (QED) is 0.721. The molecular weight excluding hydrogens is 256 g/mol. The Morgan fingerprint density at radius 2 is 1.87 bits per heavy atom. The highest BCUT2D eigenvalue weighted by Gasteiger charge is 2.15. The Labute approximate surface area is 98.4 Å². The average Bonchev–Trinajstić information content (AvgIpc) is 2.17. The highest BCUT2D eigenvalue weighted by molar-refractivity contribution is 9.10. The van der Waals surface area contributed by atoms with E-state index in [1.807, 2.05) is 13.0 Å². The van der Waals surface area contributed by atoms with Crippen LogP contribution in [0.2, 0.25) is 0 Å². The molecule has 2 heterocycles. The molecule has 0 saturated carbocycles. The van der Waals surface area contributed by atoms with E-state index in [0.29, 0.717) is 0 Å². The van der Waals surface area contributed by atoms with Crippen molar-refractivity contribution in [1.29, 1.82) is 0 Å². The highest BCUT2D eigenvalue weighted by atomic mass is 79.9. The van der Waals surface area contributed by atoms with Crippen LogP contribution in [0.15, 0.2) is 10.7 Å². The average molecular weight is 271 g/mol. The molecule has 0 aliphatic carbocycles. The number of aromatic nitrogens is 2. The molecule has 0 amide bonds. The maximum atomic E-state index is 4.45. The molecule has 2 rings (SSSR count). The molecule has 0 bridgehead atoms. The van der Waals surface area contributed by atoms with Gasteiger partial charge in [0.1, 0.15) is 16.2 Å². The number of hydrogen-bond donors (Lipinski definition) is 0. The van der Waals surface area contributed by atoms with Gasteiger partial charge in [0.05, 0.1) is 0 Å². The fourth-order valence-corrected chi connectivity index (χ4v) is 2.18. The molecule has 1 aliphatic rings. The smallest absolute Gasteiger partial charge is 0.133 e. The minimum Gasteiger partial charge on any atom is -0.354 e. The van der Waals surface area contributed by atoms with Crippen LogP contribution >= 0.6 is 15.9 Å². The van der Waals surface area contributed by atoms with Crippen LogP contribution in [0.3, 0.4) is 0 Å². The van der Waals surface area contributed by atoms with E-state index in [4.69, 9.17) is 0 Å². The zero-order valence-corrected chi connectivity index (χ0v) is 10.7. The van der Waals surface area contributed by atoms with E-state index in [-0.39, 0.29) is 0 Å². The summed E-state index contributed by atoms with van der Waals surface area (Å²) in [5.74, 6) is 1.85. The number of aryl methyl sites for hydroxylation is 1. The van der Waals surface area contributed by atoms with Crippen LogP contribution in [0.5, 0.6) is 0 Å². The van der Waals surface area contributed by atoms with Crippen molar-refractivity contribution in [2.75, 3.05) is 38.1 Å². The fourth-order valence-electron chi connectivity index (χ4n) is 1.71. The Morgan fingerprint density at radius 3 is 2.47 bits per heavy atom. The third kappa shape index (κ3) is 2.66. The van der Waals surface area contributed by atoms with Gasteiger partial charge in [0.15, 0.2) is 0 Å². The molecule has 0 aromatic carbocycles. The highest BCUT2D eigenvalue weighted by Crippen LogP contribution is 2.17. The first-order valence-electron chi connectivity index (χ1n) is 5.10. The van der Waals surface area contributed by atoms with Gasteiger partial charge in [-0.1, -0.05) is 0 Å². The van der Waals surface area contributed by atoms with Crippen molar-refractivity contribution in [3.05, 3.63) is 16.5 Å². The summed E-state index contributed by atoms with van der Waals surface area (Å²) in [4.78, 5) is 13.3. The Bertz CT molecular complexity index is 327. The van der Waals surface area contributed by atoms with Crippen LogP contribution in [0.1, 0.15) is 5.82 Å². The molecule has 82 valence electrons. The molecular formula is C10H15BrN4. The maximum Gasteiger partial charge on any atom is 0.133 e. The van der Waals surface area contributed by atoms with E-state index in [1.165, 1.54) is 0 Å². The van der Waals surface area contributed by atoms with Gasteiger partial charge in [-0.2, -0.15) is 0 Å². The number of halogens is 1. The summed E-state index contributed by atoms with van der Waals surface area (Å²) >= 11 is 3.40. The van der Waals surface area contributed by atoms with Gasteiger partial charge < -0.3 is 9.80 Å². The van der Waals surface area contributed by atoms with Crippen LogP contribution in [-0.4, -0.2) is 48.1 Å². The third-order valence-electron chi connectivity index (χ3n) is 2.62. The Balaban J connectivity index is 2.15. The van der Waals surface area contributed by atoms with Gasteiger partial charge in [-0.15, -0.1) is 0 Å². The standard InChI is InChI=1S/C10H15BrN4/c1-8-12-9(11)7-10(13-8)15-5-3-14(2)4-6-15/h7H,3-6H2,1-2H3. The molecule has 1 saturated heterocycles. The molecule has 0 radical (unpaired) electrons. The van der Waals surface area contributed by atoms with Crippen molar-refractivity contribution in [2.24, 2.45) is 0 Å². The number of piperazine rings is 1. The molecule has 1 aromatic heterocycles. The van der Waals surface area contributed by atoms with E-state index >= 15 is 0 Å². The summed E-state index contributed by atoms with van der Waals surface area (Å²) in [5, 5.41) is 0. The fraction of sp³-hybridized carbons (Fsp3) is 0.600. The predicted octanol–water partition coefficient (Wildman–Crippen LogP) is 1.30. The molecule has 1 aliphatic heterocycles. The van der Waals surface area contributed by atoms with Crippen LogP contribution in [-0.2, 0) is 0 Å². The van der Waals surface area contributed by atoms with E-state index in [0.717, 1.165) is 42.4 Å². The summed E-state index contributed by atoms with van der Waals surface area (Å²) in [6.45, 7) is 6.20. The van der Waals surface area contributed by atoms with Gasteiger partial charge in [-0.05, 0) is 29.9 Å². The lowest BCUT2D eigenvalue weighted by molar-refractivity contribution is 0.312. The van der Waals surface area contributed by atoms with Crippen LogP contribution in [0, 0.1) is 6.92 Å². The molecule has 5 heteroatoms. The van der Waals surface area contributed by atoms with Crippen molar-refractivity contribution in [3.8, 4) is 0 Å². The Kier molecular flexibility index (Phi) is 3.21. The minimum atomic E-state index is 0.818. The number of rotatable bonds is 1. The minimum absolute atomic E-state index is 0.818. The molecule has 4 nitrogen and oxygen atoms in total. The van der Waals surface area contributed by atoms with Crippen molar-refractivity contribution in [1.82, 2.24) is 14.9 Å². The molecule has 1 aromatic rings. The number of nitrogens with zero attached hydrogens (tertiary/aromatic N) is 4. The zero-order chi connectivity index (χ0) is 10.8. The van der Waals surface area contributed by atoms with Gasteiger partial charge in [-0.3, -0.25) is 0 Å². The summed E-state index contributed by atoms with van der Waals surface area (Å²) in [5.41, 5.74) is 0. The second kappa shape index (κ2) is 4.45. The first-order valence-corrected chi connectivity index (χ1v) is 5.89. The van der Waals surface area contributed by atoms with Gasteiger partial charge in [0.25, 0.3) is 0 Å². The summed E-state index contributed by atoms with van der Waals surface area (Å²) in [7, 11) is 2.15. The number of likely N-dealkylation sites (N-methyl/N-ethyl adjacent to an activating group) is 1. The Hall–Kier alpha value is -0.680. The van der Waals surface area contributed by atoms with Crippen molar-refractivity contribution >= 4 is 21.7 Å². The normalized spacial score (nSPS) is 18.2. The van der Waals surface area contributed by atoms with Gasteiger partial charge in [0, 0.05) is 32.2 Å². The van der Waals surface area contributed by atoms with E-state index in [1.54, 1.807) is 0 Å². The second-order valence-electron chi connectivity index (χ2n) is 3.89. The lowest BCUT2D eigenvalue weighted by Crippen LogP contribution is -2.44. The molecule has 15 heavy (non-hydrogen) atoms. The molecule has 0 atom stereocenters. The van der Waals surface area contributed by atoms with Crippen LogP contribution in [0.25, 0.3) is 0 Å². The van der Waals surface area contributed by atoms with Crippen molar-refractivity contribution in [3.63, 3.8) is 0 Å². The maximum absolute atomic E-state index is 4.45. The summed E-state index contributed by atoms with van der Waals surface area (Å²) < 4.78 is 0.865. The van der Waals surface area contributed by atoms with Gasteiger partial charge in [-0.25, -0.2) is 9.97 Å². The van der Waals surface area contributed by atoms with Crippen LogP contribution < -0.4 is 4.90 Å². The van der Waals surface area contributed by atoms with E-state index in [9.17, 15) is 0 Å². The first-order chi connectivity index (χ1) is 7.15. The topological polar surface area (TPSA) is 32.3 Å². The summed E-state index contributed by atoms with van der Waals surface area (Å²) in [6, 6.07) is 1.98. The second-order valence-corrected chi connectivity index (χ2v) is 4.70. The van der Waals surface area contributed by atoms with Crippen LogP contribution in [0.4, 0.5) is 5.82 Å². The molecule has 0 spiro atoms. The van der Waals surface area contributed by atoms with Crippen molar-refractivity contribution in [2.45, 2.75) is 6.92 Å².